The van der Waals surface area contributed by atoms with Crippen molar-refractivity contribution in [3.8, 4) is 0 Å². The number of aliphatic hydroxyl groups excluding tert-OH is 1. The fourth-order valence-electron chi connectivity index (χ4n) is 7.49. The molecule has 1 saturated heterocycles. The van der Waals surface area contributed by atoms with Crippen LogP contribution < -0.4 is 71.6 Å². The van der Waals surface area contributed by atoms with Crippen molar-refractivity contribution < 1.29 is 53.4 Å². The van der Waals surface area contributed by atoms with E-state index in [2.05, 4.69) is 57.2 Å². The number of nitrogens with zero attached hydrogens (tertiary/aromatic N) is 4. The van der Waals surface area contributed by atoms with Crippen molar-refractivity contribution in [2.75, 3.05) is 45.8 Å². The van der Waals surface area contributed by atoms with Crippen LogP contribution in [0.2, 0.25) is 0 Å². The van der Waals surface area contributed by atoms with Gasteiger partial charge in [0.2, 0.25) is 35.4 Å². The molecular weight excluding hydrogens is 981 g/mol. The van der Waals surface area contributed by atoms with E-state index in [1.165, 1.54) is 30.4 Å². The molecule has 1 fully saturated rings. The number of aliphatic imine (C=N–C) groups is 2. The molecule has 0 unspecified atom stereocenters. The number of aliphatic carboxylic acids is 1. The summed E-state index contributed by atoms with van der Waals surface area (Å²) >= 11 is 0. The molecule has 29 nitrogen and oxygen atoms in total. The smallest absolute Gasteiger partial charge is 0.352 e. The Kier molecular flexibility index (Phi) is 29.6. The fourth-order valence-corrected chi connectivity index (χ4v) is 7.49. The Morgan fingerprint density at radius 2 is 1.57 bits per heavy atom. The van der Waals surface area contributed by atoms with E-state index in [9.17, 15) is 53.4 Å². The number of amides is 8. The number of aromatic nitrogens is 2. The zero-order valence-electron chi connectivity index (χ0n) is 43.1. The Bertz CT molecular complexity index is 2130. The van der Waals surface area contributed by atoms with Crippen LogP contribution in [0.1, 0.15) is 97.1 Å². The summed E-state index contributed by atoms with van der Waals surface area (Å²) in [5, 5.41) is 38.3. The molecule has 0 radical (unpaired) electrons. The molecule has 2 heterocycles. The van der Waals surface area contributed by atoms with Gasteiger partial charge >= 0.3 is 5.97 Å². The molecule has 7 atom stereocenters. The SMILES string of the molecule is CC(C)NCCCC[C@H](N)C(=O)N[C@H](C(=O)N[C@@H](C)C(=O)NCC(=O)N=C(CCCN)C(=O)N1CCC[C@H]1C(=O)N[C@@H](Cc1cnc[nH]1)C(=O)N[C@@H](CCCCN)C(=O)N/C(=C\CCN=C(N)N)C(=O)O)[C@@H](O)CN. The van der Waals surface area contributed by atoms with Crippen molar-refractivity contribution in [2.24, 2.45) is 44.4 Å². The predicted molar refractivity (Wildman–Crippen MR) is 276 cm³/mol. The van der Waals surface area contributed by atoms with Crippen molar-refractivity contribution in [3.63, 3.8) is 0 Å². The molecule has 2 rings (SSSR count). The zero-order valence-corrected chi connectivity index (χ0v) is 43.1. The van der Waals surface area contributed by atoms with Crippen LogP contribution in [0.25, 0.3) is 0 Å². The van der Waals surface area contributed by atoms with Gasteiger partial charge in [0.25, 0.3) is 11.8 Å². The molecule has 1 aromatic rings. The number of guanidine groups is 1. The highest BCUT2D eigenvalue weighted by Crippen LogP contribution is 2.20. The van der Waals surface area contributed by atoms with E-state index in [4.69, 9.17) is 34.4 Å². The number of imidazole rings is 1. The van der Waals surface area contributed by atoms with Crippen molar-refractivity contribution in [2.45, 2.75) is 146 Å². The second-order valence-corrected chi connectivity index (χ2v) is 18.1. The van der Waals surface area contributed by atoms with Gasteiger partial charge in [0.15, 0.2) is 5.96 Å². The minimum absolute atomic E-state index is 0.0401. The number of rotatable bonds is 35. The summed E-state index contributed by atoms with van der Waals surface area (Å²) in [6.45, 7) is 5.37. The van der Waals surface area contributed by atoms with E-state index in [1.807, 2.05) is 13.8 Å². The molecule has 22 N–H and O–H groups in total. The van der Waals surface area contributed by atoms with Gasteiger partial charge in [0.05, 0.1) is 25.0 Å². The minimum atomic E-state index is -1.56. The Morgan fingerprint density at radius 3 is 2.20 bits per heavy atom. The number of carbonyl (C=O) groups excluding carboxylic acids is 8. The van der Waals surface area contributed by atoms with Crippen LogP contribution in [0, 0.1) is 0 Å². The fraction of sp³-hybridized carbons (Fsp3) is 0.652. The maximum absolute atomic E-state index is 14.1. The van der Waals surface area contributed by atoms with Gasteiger partial charge in [-0.1, -0.05) is 26.3 Å². The quantitative estimate of drug-likeness (QED) is 0.0130. The number of hydrogen-bond acceptors (Lipinski definition) is 17. The van der Waals surface area contributed by atoms with Crippen LogP contribution in [0.3, 0.4) is 0 Å². The third-order valence-electron chi connectivity index (χ3n) is 11.6. The first kappa shape index (κ1) is 64.2. The number of aromatic amines is 1. The Labute approximate surface area is 435 Å². The van der Waals surface area contributed by atoms with Crippen LogP contribution in [-0.4, -0.2) is 184 Å². The van der Waals surface area contributed by atoms with E-state index in [-0.39, 0.29) is 76.4 Å². The second kappa shape index (κ2) is 34.5. The van der Waals surface area contributed by atoms with Crippen LogP contribution >= 0.6 is 0 Å². The van der Waals surface area contributed by atoms with Gasteiger partial charge < -0.3 is 91.7 Å². The summed E-state index contributed by atoms with van der Waals surface area (Å²) in [7, 11) is 0. The lowest BCUT2D eigenvalue weighted by Crippen LogP contribution is -2.60. The molecule has 0 bridgehead atoms. The molecule has 0 aliphatic carbocycles. The Morgan fingerprint density at radius 1 is 0.867 bits per heavy atom. The molecule has 0 spiro atoms. The number of nitrogens with two attached hydrogens (primary N) is 6. The first-order valence-electron chi connectivity index (χ1n) is 25.1. The lowest BCUT2D eigenvalue weighted by molar-refractivity contribution is -0.137. The van der Waals surface area contributed by atoms with Gasteiger partial charge in [-0.25, -0.2) is 14.8 Å². The van der Waals surface area contributed by atoms with Crippen molar-refractivity contribution >= 4 is 64.9 Å². The summed E-state index contributed by atoms with van der Waals surface area (Å²) in [6, 6.07) is -7.35. The second-order valence-electron chi connectivity index (χ2n) is 18.1. The Hall–Kier alpha value is -6.92. The van der Waals surface area contributed by atoms with Gasteiger partial charge in [-0.2, -0.15) is 0 Å². The third-order valence-corrected chi connectivity index (χ3v) is 11.6. The normalized spacial score (nSPS) is 16.1. The van der Waals surface area contributed by atoms with Crippen molar-refractivity contribution in [3.05, 3.63) is 30.0 Å². The first-order chi connectivity index (χ1) is 35.6. The average Bonchev–Trinajstić information content (AvgIpc) is 4.09. The number of unbranched alkanes of at least 4 members (excludes halogenated alkanes) is 2. The highest BCUT2D eigenvalue weighted by atomic mass is 16.4. The molecule has 75 heavy (non-hydrogen) atoms. The monoisotopic (exact) mass is 1060 g/mol. The number of carbonyl (C=O) groups is 9. The summed E-state index contributed by atoms with van der Waals surface area (Å²) < 4.78 is 0. The van der Waals surface area contributed by atoms with E-state index in [1.54, 1.807) is 0 Å². The highest BCUT2D eigenvalue weighted by molar-refractivity contribution is 6.40. The standard InChI is InChI=1S/C46H80N18O11/c1-26(2)54-18-7-5-11-29(50)39(68)63-37(35(65)22-49)43(72)58-27(3)38(67)56-24-36(66)59-31(13-8-17-48)44(73)64-20-10-15-34(64)42(71)62-33(21-28-23-53-25-57-28)41(70)60-30(12-4-6-16-47)40(69)61-32(45(74)75)14-9-19-55-46(51)52/h14,23,25-27,29-30,33-35,37,54,65H,4-13,15-22,24,47-50H2,1-3H3,(H,53,57)(H,56,67)(H,58,72)(H,60,70)(H,61,69)(H,62,71)(H,63,68)(H,74,75)(H4,51,52,55)/b32-14-,59-31?/t27-,29-,30-,33-,34-,35-,37-/m0/s1. The molecule has 1 aliphatic rings. The van der Waals surface area contributed by atoms with Crippen LogP contribution in [-0.2, 0) is 49.6 Å². The minimum Gasteiger partial charge on any atom is -0.477 e. The van der Waals surface area contributed by atoms with Gasteiger partial charge in [-0.3, -0.25) is 43.3 Å². The maximum Gasteiger partial charge on any atom is 0.352 e. The largest absolute Gasteiger partial charge is 0.477 e. The maximum atomic E-state index is 14.1. The number of H-pyrrole nitrogens is 1. The number of hydrogen-bond donors (Lipinski definition) is 16. The van der Waals surface area contributed by atoms with Crippen LogP contribution in [0.15, 0.2) is 34.3 Å². The molecular formula is C46H80N18O11. The molecule has 0 saturated carbocycles. The van der Waals surface area contributed by atoms with Gasteiger partial charge in [0.1, 0.15) is 41.6 Å². The molecule has 29 heteroatoms. The lowest BCUT2D eigenvalue weighted by Gasteiger charge is -2.27. The molecule has 8 amide bonds. The van der Waals surface area contributed by atoms with Gasteiger partial charge in [-0.05, 0) is 90.8 Å². The summed E-state index contributed by atoms with van der Waals surface area (Å²) in [6.07, 6.45) is 5.55. The van der Waals surface area contributed by atoms with Crippen LogP contribution in [0.5, 0.6) is 0 Å². The predicted octanol–water partition coefficient (Wildman–Crippen LogP) is -5.58. The van der Waals surface area contributed by atoms with Gasteiger partial charge in [0, 0.05) is 44.0 Å². The number of aliphatic hydroxyl groups is 1. The van der Waals surface area contributed by atoms with E-state index in [0.29, 0.717) is 43.8 Å². The summed E-state index contributed by atoms with van der Waals surface area (Å²) in [5.41, 5.74) is 33.4. The van der Waals surface area contributed by atoms with Gasteiger partial charge in [-0.15, -0.1) is 0 Å². The molecule has 1 aromatic heterocycles. The van der Waals surface area contributed by atoms with E-state index >= 15 is 0 Å². The summed E-state index contributed by atoms with van der Waals surface area (Å²) in [5.74, 6) is -8.34. The highest BCUT2D eigenvalue weighted by Gasteiger charge is 2.38. The number of carboxylic acid groups (broad SMARTS) is 1. The van der Waals surface area contributed by atoms with E-state index < -0.39 is 114 Å². The zero-order chi connectivity index (χ0) is 56.0. The lowest BCUT2D eigenvalue weighted by atomic mass is 10.1. The molecule has 1 aliphatic heterocycles. The Balaban J connectivity index is 2.21. The average molecular weight is 1060 g/mol. The third kappa shape index (κ3) is 23.9. The van der Waals surface area contributed by atoms with Crippen molar-refractivity contribution in [1.29, 1.82) is 0 Å². The topological polar surface area (TPSA) is 491 Å². The number of nitrogens with one attached hydrogen (secondary N) is 8. The number of carboxylic acids is 1. The van der Waals surface area contributed by atoms with Crippen LogP contribution in [0.4, 0.5) is 0 Å². The molecule has 0 aromatic carbocycles. The van der Waals surface area contributed by atoms with E-state index in [0.717, 1.165) is 13.0 Å². The first-order valence-corrected chi connectivity index (χ1v) is 25.1. The number of likely N-dealkylation sites (tertiary alicyclic amines) is 1. The van der Waals surface area contributed by atoms with Crippen molar-refractivity contribution in [1.82, 2.24) is 52.1 Å². The molecule has 420 valence electrons. The summed E-state index contributed by atoms with van der Waals surface area (Å²) in [4.78, 5) is 136.